The first-order valence-corrected chi connectivity index (χ1v) is 8.51. The molecule has 1 amide bonds. The van der Waals surface area contributed by atoms with Gasteiger partial charge in [0.15, 0.2) is 0 Å². The molecule has 7 nitrogen and oxygen atoms in total. The molecule has 8 heteroatoms. The highest BCUT2D eigenvalue weighted by Gasteiger charge is 2.12. The fourth-order valence-corrected chi connectivity index (χ4v) is 3.17. The molecule has 2 heterocycles. The van der Waals surface area contributed by atoms with Gasteiger partial charge in [-0.3, -0.25) is 18.8 Å². The second-order valence-electron chi connectivity index (χ2n) is 6.17. The maximum absolute atomic E-state index is 12.3. The first-order chi connectivity index (χ1) is 11.7. The summed E-state index contributed by atoms with van der Waals surface area (Å²) in [5.74, 6) is -0.00929. The molecule has 1 aromatic carbocycles. The number of hydrogen-bond donors (Lipinski definition) is 2. The summed E-state index contributed by atoms with van der Waals surface area (Å²) in [4.78, 5) is 26.7. The van der Waals surface area contributed by atoms with Gasteiger partial charge in [0.25, 0.3) is 0 Å². The number of piperazine rings is 1. The summed E-state index contributed by atoms with van der Waals surface area (Å²) in [6.07, 6.45) is 0.315. The van der Waals surface area contributed by atoms with E-state index in [1.54, 1.807) is 16.2 Å². The first-order valence-electron chi connectivity index (χ1n) is 8.51. The molecule has 2 aromatic rings. The smallest absolute Gasteiger partial charge is 0.328 e. The van der Waals surface area contributed by atoms with Gasteiger partial charge in [-0.15, -0.1) is 12.4 Å². The number of fused-ring (bicyclic) bond motifs is 1. The number of carbonyl (C=O) groups excluding carboxylic acids is 1. The van der Waals surface area contributed by atoms with Crippen LogP contribution in [-0.2, 0) is 18.4 Å². The van der Waals surface area contributed by atoms with Crippen molar-refractivity contribution in [1.29, 1.82) is 0 Å². The summed E-state index contributed by atoms with van der Waals surface area (Å²) in [5, 5.41) is 6.26. The maximum atomic E-state index is 12.3. The zero-order valence-corrected chi connectivity index (χ0v) is 15.3. The molecule has 1 aliphatic rings. The number of amides is 1. The predicted molar refractivity (Wildman–Crippen MR) is 101 cm³/mol. The van der Waals surface area contributed by atoms with Crippen LogP contribution in [0.5, 0.6) is 0 Å². The van der Waals surface area contributed by atoms with Gasteiger partial charge in [-0.2, -0.15) is 0 Å². The van der Waals surface area contributed by atoms with E-state index < -0.39 is 0 Å². The van der Waals surface area contributed by atoms with Crippen molar-refractivity contribution >= 4 is 29.3 Å². The molecule has 3 rings (SSSR count). The molecule has 2 N–H and O–H groups in total. The van der Waals surface area contributed by atoms with Crippen molar-refractivity contribution in [2.24, 2.45) is 7.05 Å². The van der Waals surface area contributed by atoms with Crippen molar-refractivity contribution in [3.8, 4) is 0 Å². The second kappa shape index (κ2) is 9.03. The van der Waals surface area contributed by atoms with E-state index in [-0.39, 0.29) is 24.0 Å². The van der Waals surface area contributed by atoms with Crippen molar-refractivity contribution in [2.75, 3.05) is 39.3 Å². The average molecular weight is 368 g/mol. The van der Waals surface area contributed by atoms with Crippen LogP contribution in [0.2, 0.25) is 0 Å². The Morgan fingerprint density at radius 3 is 2.56 bits per heavy atom. The molecule has 138 valence electrons. The summed E-state index contributed by atoms with van der Waals surface area (Å²) in [6, 6.07) is 7.65. The molecule has 0 saturated carbocycles. The molecule has 1 fully saturated rings. The third-order valence-electron chi connectivity index (χ3n) is 4.57. The fraction of sp³-hybridized carbons (Fsp3) is 0.529. The van der Waals surface area contributed by atoms with Gasteiger partial charge in [0.2, 0.25) is 5.91 Å². The van der Waals surface area contributed by atoms with Gasteiger partial charge in [-0.1, -0.05) is 12.1 Å². The minimum absolute atomic E-state index is 0. The van der Waals surface area contributed by atoms with E-state index in [1.807, 2.05) is 24.3 Å². The lowest BCUT2D eigenvalue weighted by molar-refractivity contribution is -0.121. The lowest BCUT2D eigenvalue weighted by Gasteiger charge is -2.27. The van der Waals surface area contributed by atoms with Gasteiger partial charge in [0.05, 0.1) is 11.0 Å². The number of nitrogens with zero attached hydrogens (tertiary/aromatic N) is 3. The van der Waals surface area contributed by atoms with Crippen LogP contribution in [0.15, 0.2) is 29.1 Å². The summed E-state index contributed by atoms with van der Waals surface area (Å²) in [6.45, 7) is 6.02. The highest BCUT2D eigenvalue weighted by Crippen LogP contribution is 2.11. The van der Waals surface area contributed by atoms with Crippen LogP contribution in [0.4, 0.5) is 0 Å². The van der Waals surface area contributed by atoms with Gasteiger partial charge in [-0.05, 0) is 12.1 Å². The highest BCUT2D eigenvalue weighted by molar-refractivity contribution is 5.85. The number of benzene rings is 1. The number of para-hydroxylation sites is 2. The lowest BCUT2D eigenvalue weighted by Crippen LogP contribution is -2.46. The van der Waals surface area contributed by atoms with Gasteiger partial charge in [0, 0.05) is 59.3 Å². The van der Waals surface area contributed by atoms with Crippen LogP contribution in [0.3, 0.4) is 0 Å². The Balaban J connectivity index is 0.00000225. The normalized spacial score (nSPS) is 15.1. The molecule has 0 spiro atoms. The van der Waals surface area contributed by atoms with Crippen molar-refractivity contribution in [2.45, 2.75) is 13.0 Å². The standard InChI is InChI=1S/C17H25N5O2.ClH/c1-20-14-4-2-3-5-15(14)22(17(20)24)10-6-16(23)19-9-13-21-11-7-18-8-12-21;/h2-5,18H,6-13H2,1H3,(H,19,23);1H. The van der Waals surface area contributed by atoms with E-state index in [2.05, 4.69) is 15.5 Å². The number of nitrogens with one attached hydrogen (secondary N) is 2. The van der Waals surface area contributed by atoms with E-state index in [4.69, 9.17) is 0 Å². The van der Waals surface area contributed by atoms with Crippen LogP contribution in [0.1, 0.15) is 6.42 Å². The minimum Gasteiger partial charge on any atom is -0.355 e. The minimum atomic E-state index is -0.0789. The largest absolute Gasteiger partial charge is 0.355 e. The Morgan fingerprint density at radius 2 is 1.84 bits per heavy atom. The Bertz CT molecular complexity index is 764. The van der Waals surface area contributed by atoms with Crippen LogP contribution >= 0.6 is 12.4 Å². The Morgan fingerprint density at radius 1 is 1.16 bits per heavy atom. The van der Waals surface area contributed by atoms with Gasteiger partial charge < -0.3 is 10.6 Å². The average Bonchev–Trinajstić information content (AvgIpc) is 2.85. The molecule has 1 aromatic heterocycles. The monoisotopic (exact) mass is 367 g/mol. The van der Waals surface area contributed by atoms with Crippen molar-refractivity contribution in [3.05, 3.63) is 34.7 Å². The predicted octanol–water partition coefficient (Wildman–Crippen LogP) is 0.173. The molecule has 0 aliphatic carbocycles. The number of aryl methyl sites for hydroxylation is 2. The van der Waals surface area contributed by atoms with Crippen LogP contribution in [0, 0.1) is 0 Å². The molecular formula is C17H26ClN5O2. The van der Waals surface area contributed by atoms with Gasteiger partial charge >= 0.3 is 5.69 Å². The van der Waals surface area contributed by atoms with E-state index in [0.717, 1.165) is 43.8 Å². The van der Waals surface area contributed by atoms with Crippen LogP contribution in [-0.4, -0.2) is 59.2 Å². The third kappa shape index (κ3) is 4.62. The Labute approximate surface area is 153 Å². The summed E-state index contributed by atoms with van der Waals surface area (Å²) >= 11 is 0. The second-order valence-corrected chi connectivity index (χ2v) is 6.17. The quantitative estimate of drug-likeness (QED) is 0.763. The molecule has 1 aliphatic heterocycles. The number of carbonyl (C=O) groups is 1. The summed E-state index contributed by atoms with van der Waals surface area (Å²) in [5.41, 5.74) is 1.69. The Hall–Kier alpha value is -1.83. The molecular weight excluding hydrogens is 342 g/mol. The zero-order valence-electron chi connectivity index (χ0n) is 14.5. The Kier molecular flexibility index (Phi) is 7.04. The number of rotatable bonds is 6. The van der Waals surface area contributed by atoms with Crippen LogP contribution < -0.4 is 16.3 Å². The SMILES string of the molecule is Cl.Cn1c(=O)n(CCC(=O)NCCN2CCNCC2)c2ccccc21. The molecule has 1 saturated heterocycles. The highest BCUT2D eigenvalue weighted by atomic mass is 35.5. The number of imidazole rings is 1. The van der Waals surface area contributed by atoms with Crippen molar-refractivity contribution in [1.82, 2.24) is 24.7 Å². The van der Waals surface area contributed by atoms with Gasteiger partial charge in [-0.25, -0.2) is 4.79 Å². The van der Waals surface area contributed by atoms with Crippen molar-refractivity contribution in [3.63, 3.8) is 0 Å². The van der Waals surface area contributed by atoms with E-state index in [0.29, 0.717) is 19.5 Å². The molecule has 0 atom stereocenters. The summed E-state index contributed by atoms with van der Waals surface area (Å²) < 4.78 is 3.29. The van der Waals surface area contributed by atoms with E-state index >= 15 is 0 Å². The van der Waals surface area contributed by atoms with E-state index in [1.165, 1.54) is 0 Å². The van der Waals surface area contributed by atoms with Gasteiger partial charge in [0.1, 0.15) is 0 Å². The summed E-state index contributed by atoms with van der Waals surface area (Å²) in [7, 11) is 1.76. The molecule has 0 unspecified atom stereocenters. The number of halogens is 1. The van der Waals surface area contributed by atoms with Crippen LogP contribution in [0.25, 0.3) is 11.0 Å². The lowest BCUT2D eigenvalue weighted by atomic mass is 10.3. The fourth-order valence-electron chi connectivity index (χ4n) is 3.17. The number of aromatic nitrogens is 2. The topological polar surface area (TPSA) is 71.3 Å². The molecule has 25 heavy (non-hydrogen) atoms. The molecule has 0 radical (unpaired) electrons. The number of hydrogen-bond acceptors (Lipinski definition) is 4. The first kappa shape index (κ1) is 19.5. The maximum Gasteiger partial charge on any atom is 0.328 e. The zero-order chi connectivity index (χ0) is 16.9. The third-order valence-corrected chi connectivity index (χ3v) is 4.57. The van der Waals surface area contributed by atoms with Crippen molar-refractivity contribution < 1.29 is 4.79 Å². The van der Waals surface area contributed by atoms with E-state index in [9.17, 15) is 9.59 Å². The molecule has 0 bridgehead atoms.